The average molecular weight is 545 g/mol. The molecule has 0 aliphatic heterocycles. The molecule has 4 aromatic heterocycles. The Morgan fingerprint density at radius 1 is 0.893 bits per heavy atom. The fourth-order valence-electron chi connectivity index (χ4n) is 3.44. The van der Waals surface area contributed by atoms with Gasteiger partial charge >= 0.3 is 0 Å². The van der Waals surface area contributed by atoms with Gasteiger partial charge in [-0.25, -0.2) is 9.97 Å². The van der Waals surface area contributed by atoms with E-state index in [1.165, 1.54) is 0 Å². The van der Waals surface area contributed by atoms with Gasteiger partial charge in [0.15, 0.2) is 0 Å². The Balaban J connectivity index is 1.77. The van der Waals surface area contributed by atoms with Crippen molar-refractivity contribution in [1.82, 2.24) is 19.9 Å². The lowest BCUT2D eigenvalue weighted by molar-refractivity contribution is -0.121. The molecule has 4 aromatic rings. The molecule has 0 aromatic carbocycles. The number of carbonyl (C=O) groups is 1. The third kappa shape index (κ3) is 3.49. The second-order valence-electron chi connectivity index (χ2n) is 6.40. The highest BCUT2D eigenvalue weighted by molar-refractivity contribution is 9.10. The van der Waals surface area contributed by atoms with E-state index in [2.05, 4.69) is 51.8 Å². The first-order chi connectivity index (χ1) is 13.5. The van der Waals surface area contributed by atoms with Crippen LogP contribution in [0, 0.1) is 0 Å². The molecule has 4 rings (SSSR count). The Morgan fingerprint density at radius 2 is 1.32 bits per heavy atom. The summed E-state index contributed by atoms with van der Waals surface area (Å²) in [7, 11) is 0. The summed E-state index contributed by atoms with van der Waals surface area (Å²) in [5.74, 6) is -0.765. The summed E-state index contributed by atoms with van der Waals surface area (Å²) in [6.07, 6.45) is 7.01. The predicted molar refractivity (Wildman–Crippen MR) is 120 cm³/mol. The van der Waals surface area contributed by atoms with E-state index in [0.717, 1.165) is 30.8 Å². The molecule has 5 nitrogen and oxygen atoms in total. The molecule has 9 heteroatoms. The van der Waals surface area contributed by atoms with Crippen molar-refractivity contribution in [2.75, 3.05) is 11.8 Å². The van der Waals surface area contributed by atoms with E-state index in [-0.39, 0.29) is 17.5 Å². The van der Waals surface area contributed by atoms with Crippen LogP contribution in [0.5, 0.6) is 0 Å². The number of H-pyrrole nitrogens is 2. The van der Waals surface area contributed by atoms with Crippen LogP contribution in [0.3, 0.4) is 0 Å². The Kier molecular flexibility index (Phi) is 5.78. The van der Waals surface area contributed by atoms with Crippen LogP contribution in [0.4, 0.5) is 0 Å². The number of nitrogens with zero attached hydrogens (tertiary/aromatic N) is 2. The van der Waals surface area contributed by atoms with Crippen molar-refractivity contribution >= 4 is 82.9 Å². The summed E-state index contributed by atoms with van der Waals surface area (Å²) in [5.41, 5.74) is 3.06. The first-order valence-electron chi connectivity index (χ1n) is 8.44. The SMILES string of the molecule is O=C(C(CCl)c1c[nH]c2ncc(Br)cc12)C(CCl)c1c[nH]c2ncc(Br)cc12. The molecule has 4 heterocycles. The number of fused-ring (bicyclic) bond motifs is 2. The fourth-order valence-corrected chi connectivity index (χ4v) is 4.74. The number of hydrogen-bond donors (Lipinski definition) is 2. The van der Waals surface area contributed by atoms with Crippen LogP contribution in [0.15, 0.2) is 45.9 Å². The van der Waals surface area contributed by atoms with Gasteiger partial charge < -0.3 is 9.97 Å². The lowest BCUT2D eigenvalue weighted by atomic mass is 9.85. The minimum atomic E-state index is -0.514. The van der Waals surface area contributed by atoms with Crippen LogP contribution in [0.25, 0.3) is 22.1 Å². The minimum absolute atomic E-state index is 0.0354. The van der Waals surface area contributed by atoms with Gasteiger partial charge in [-0.15, -0.1) is 23.2 Å². The molecule has 2 N–H and O–H groups in total. The molecular formula is C19H14Br2Cl2N4O. The number of nitrogens with one attached hydrogen (secondary N) is 2. The largest absolute Gasteiger partial charge is 0.346 e. The Hall–Kier alpha value is -1.41. The lowest BCUT2D eigenvalue weighted by Gasteiger charge is -2.19. The van der Waals surface area contributed by atoms with Crippen LogP contribution in [0.2, 0.25) is 0 Å². The van der Waals surface area contributed by atoms with Crippen molar-refractivity contribution in [3.63, 3.8) is 0 Å². The molecule has 0 fully saturated rings. The van der Waals surface area contributed by atoms with Crippen LogP contribution in [-0.4, -0.2) is 37.5 Å². The second kappa shape index (κ2) is 8.14. The van der Waals surface area contributed by atoms with E-state index in [9.17, 15) is 4.79 Å². The van der Waals surface area contributed by atoms with E-state index >= 15 is 0 Å². The van der Waals surface area contributed by atoms with Gasteiger partial charge in [0, 0.05) is 56.3 Å². The standard InChI is InChI=1S/C19H14Br2Cl2N4O/c20-9-1-11-15(7-26-18(11)24-5-9)13(3-22)17(28)14(4-23)16-8-27-19-12(16)2-10(21)6-25-19/h1-2,5-8,13-14H,3-4H2,(H,24,26)(H,25,27). The third-order valence-electron chi connectivity index (χ3n) is 4.81. The first kappa shape index (κ1) is 19.9. The minimum Gasteiger partial charge on any atom is -0.346 e. The first-order valence-corrected chi connectivity index (χ1v) is 11.1. The summed E-state index contributed by atoms with van der Waals surface area (Å²) in [4.78, 5) is 28.4. The quantitative estimate of drug-likeness (QED) is 0.298. The van der Waals surface area contributed by atoms with Gasteiger partial charge in [0.2, 0.25) is 0 Å². The molecule has 0 spiro atoms. The smallest absolute Gasteiger partial charge is 0.150 e. The summed E-state index contributed by atoms with van der Waals surface area (Å²) in [6.45, 7) is 0. The van der Waals surface area contributed by atoms with Crippen molar-refractivity contribution in [2.24, 2.45) is 0 Å². The number of aromatic nitrogens is 4. The lowest BCUT2D eigenvalue weighted by Crippen LogP contribution is -2.23. The molecule has 2 unspecified atom stereocenters. The maximum Gasteiger partial charge on any atom is 0.150 e. The highest BCUT2D eigenvalue weighted by Crippen LogP contribution is 2.35. The second-order valence-corrected chi connectivity index (χ2v) is 8.85. The van der Waals surface area contributed by atoms with Gasteiger partial charge in [0.1, 0.15) is 17.1 Å². The topological polar surface area (TPSA) is 74.4 Å². The van der Waals surface area contributed by atoms with Gasteiger partial charge in [0.05, 0.1) is 11.8 Å². The number of alkyl halides is 2. The zero-order valence-electron chi connectivity index (χ0n) is 14.3. The Morgan fingerprint density at radius 3 is 1.71 bits per heavy atom. The molecule has 0 amide bonds. The van der Waals surface area contributed by atoms with E-state index in [1.807, 2.05) is 12.1 Å². The highest BCUT2D eigenvalue weighted by atomic mass is 79.9. The summed E-state index contributed by atoms with van der Waals surface area (Å²) >= 11 is 19.4. The normalized spacial score (nSPS) is 13.9. The van der Waals surface area contributed by atoms with E-state index < -0.39 is 11.8 Å². The maximum atomic E-state index is 13.5. The molecule has 0 saturated carbocycles. The highest BCUT2D eigenvalue weighted by Gasteiger charge is 2.31. The zero-order valence-corrected chi connectivity index (χ0v) is 19.0. The molecule has 0 radical (unpaired) electrons. The maximum absolute atomic E-state index is 13.5. The zero-order chi connectivity index (χ0) is 19.8. The van der Waals surface area contributed by atoms with Gasteiger partial charge in [-0.2, -0.15) is 0 Å². The molecule has 144 valence electrons. The molecule has 0 aliphatic carbocycles. The predicted octanol–water partition coefficient (Wildman–Crippen LogP) is 5.88. The van der Waals surface area contributed by atoms with Gasteiger partial charge in [-0.3, -0.25) is 4.79 Å². The molecule has 28 heavy (non-hydrogen) atoms. The number of ketones is 1. The van der Waals surface area contributed by atoms with E-state index in [1.54, 1.807) is 24.8 Å². The van der Waals surface area contributed by atoms with Crippen molar-refractivity contribution < 1.29 is 4.79 Å². The van der Waals surface area contributed by atoms with Gasteiger partial charge in [-0.1, -0.05) is 0 Å². The van der Waals surface area contributed by atoms with Crippen molar-refractivity contribution in [3.05, 3.63) is 57.0 Å². The summed E-state index contributed by atoms with van der Waals surface area (Å²) in [5, 5.41) is 1.73. The van der Waals surface area contributed by atoms with E-state index in [0.29, 0.717) is 11.3 Å². The molecule has 0 aliphatic rings. The molecule has 2 atom stereocenters. The number of hydrogen-bond acceptors (Lipinski definition) is 3. The van der Waals surface area contributed by atoms with Gasteiger partial charge in [-0.05, 0) is 55.1 Å². The molecule has 0 bridgehead atoms. The van der Waals surface area contributed by atoms with Crippen LogP contribution in [0.1, 0.15) is 23.0 Å². The van der Waals surface area contributed by atoms with Crippen LogP contribution in [-0.2, 0) is 4.79 Å². The fraction of sp³-hybridized carbons (Fsp3) is 0.211. The Labute approximate surface area is 187 Å². The molecule has 0 saturated heterocycles. The number of rotatable bonds is 6. The van der Waals surface area contributed by atoms with E-state index in [4.69, 9.17) is 23.2 Å². The number of aromatic amines is 2. The number of pyridine rings is 2. The Bertz CT molecular complexity index is 1080. The van der Waals surface area contributed by atoms with Crippen molar-refractivity contribution in [1.29, 1.82) is 0 Å². The average Bonchev–Trinajstić information content (AvgIpc) is 3.28. The summed E-state index contributed by atoms with van der Waals surface area (Å²) in [6, 6.07) is 3.87. The summed E-state index contributed by atoms with van der Waals surface area (Å²) < 4.78 is 1.67. The van der Waals surface area contributed by atoms with Crippen LogP contribution < -0.4 is 0 Å². The number of halogens is 4. The van der Waals surface area contributed by atoms with Crippen molar-refractivity contribution in [3.8, 4) is 0 Å². The third-order valence-corrected chi connectivity index (χ3v) is 6.29. The molecular weight excluding hydrogens is 531 g/mol. The number of carbonyl (C=O) groups excluding carboxylic acids is 1. The number of Topliss-reactive ketones (excluding diaryl/α,β-unsaturated/α-hetero) is 1. The monoisotopic (exact) mass is 542 g/mol. The van der Waals surface area contributed by atoms with Crippen molar-refractivity contribution in [2.45, 2.75) is 11.8 Å². The van der Waals surface area contributed by atoms with Gasteiger partial charge in [0.25, 0.3) is 0 Å². The van der Waals surface area contributed by atoms with Crippen LogP contribution >= 0.6 is 55.1 Å².